The number of anilines is 1. The zero-order valence-electron chi connectivity index (χ0n) is 9.50. The lowest BCUT2D eigenvalue weighted by molar-refractivity contribution is 0.0691. The van der Waals surface area contributed by atoms with Crippen LogP contribution in [0.1, 0.15) is 20.8 Å². The molecule has 6 nitrogen and oxygen atoms in total. The maximum Gasteiger partial charge on any atom is 0.338 e. The molecule has 1 amide bonds. The van der Waals surface area contributed by atoms with Gasteiger partial charge >= 0.3 is 5.97 Å². The molecular formula is C12H8ClN3O3. The molecule has 0 aromatic carbocycles. The van der Waals surface area contributed by atoms with Crippen molar-refractivity contribution in [1.29, 1.82) is 0 Å². The predicted molar refractivity (Wildman–Crippen MR) is 68.4 cm³/mol. The van der Waals surface area contributed by atoms with Crippen LogP contribution in [0.15, 0.2) is 36.8 Å². The molecule has 96 valence electrons. The van der Waals surface area contributed by atoms with Crippen LogP contribution in [0.25, 0.3) is 0 Å². The van der Waals surface area contributed by atoms with Crippen LogP contribution in [-0.4, -0.2) is 27.0 Å². The van der Waals surface area contributed by atoms with Crippen molar-refractivity contribution in [2.45, 2.75) is 0 Å². The van der Waals surface area contributed by atoms with Gasteiger partial charge in [-0.3, -0.25) is 14.8 Å². The number of hydrogen-bond donors (Lipinski definition) is 2. The third kappa shape index (κ3) is 2.86. The second-order valence-electron chi connectivity index (χ2n) is 3.51. The lowest BCUT2D eigenvalue weighted by atomic mass is 10.2. The summed E-state index contributed by atoms with van der Waals surface area (Å²) in [7, 11) is 0. The first kappa shape index (κ1) is 13.0. The van der Waals surface area contributed by atoms with Gasteiger partial charge in [-0.15, -0.1) is 0 Å². The molecule has 0 unspecified atom stereocenters. The van der Waals surface area contributed by atoms with Crippen LogP contribution < -0.4 is 5.32 Å². The molecular weight excluding hydrogens is 270 g/mol. The average molecular weight is 278 g/mol. The number of nitrogens with zero attached hydrogens (tertiary/aromatic N) is 2. The molecule has 2 N–H and O–H groups in total. The van der Waals surface area contributed by atoms with E-state index in [2.05, 4.69) is 15.3 Å². The van der Waals surface area contributed by atoms with Crippen LogP contribution in [0.2, 0.25) is 5.02 Å². The number of carboxylic acids is 1. The quantitative estimate of drug-likeness (QED) is 0.896. The van der Waals surface area contributed by atoms with Crippen molar-refractivity contribution in [2.75, 3.05) is 5.32 Å². The van der Waals surface area contributed by atoms with E-state index in [0.29, 0.717) is 5.02 Å². The second kappa shape index (κ2) is 5.45. The van der Waals surface area contributed by atoms with E-state index in [4.69, 9.17) is 16.7 Å². The highest BCUT2D eigenvalue weighted by Crippen LogP contribution is 2.20. The number of rotatable bonds is 3. The van der Waals surface area contributed by atoms with E-state index in [0.717, 1.165) is 0 Å². The molecule has 0 atom stereocenters. The number of amides is 1. The molecule has 0 bridgehead atoms. The highest BCUT2D eigenvalue weighted by molar-refractivity contribution is 6.33. The second-order valence-corrected chi connectivity index (χ2v) is 3.92. The van der Waals surface area contributed by atoms with Crippen molar-refractivity contribution >= 4 is 29.2 Å². The van der Waals surface area contributed by atoms with E-state index in [-0.39, 0.29) is 16.9 Å². The summed E-state index contributed by atoms with van der Waals surface area (Å²) < 4.78 is 0. The minimum Gasteiger partial charge on any atom is -0.478 e. The maximum absolute atomic E-state index is 12.0. The highest BCUT2D eigenvalue weighted by atomic mass is 35.5. The Hall–Kier alpha value is -2.47. The standard InChI is InChI=1S/C12H8ClN3O3/c13-8-3-5-14-6-9(8)16-11(17)10-7(12(18)19)2-1-4-15-10/h1-6H,(H,16,17)(H,18,19). The summed E-state index contributed by atoms with van der Waals surface area (Å²) in [6, 6.07) is 4.25. The molecule has 0 aliphatic carbocycles. The Labute approximate surface area is 113 Å². The summed E-state index contributed by atoms with van der Waals surface area (Å²) >= 11 is 5.87. The van der Waals surface area contributed by atoms with E-state index >= 15 is 0 Å². The van der Waals surface area contributed by atoms with E-state index in [1.54, 1.807) is 0 Å². The number of halogens is 1. The summed E-state index contributed by atoms with van der Waals surface area (Å²) in [5, 5.41) is 11.7. The van der Waals surface area contributed by atoms with Crippen molar-refractivity contribution in [3.63, 3.8) is 0 Å². The van der Waals surface area contributed by atoms with Crippen molar-refractivity contribution in [2.24, 2.45) is 0 Å². The number of carbonyl (C=O) groups excluding carboxylic acids is 1. The average Bonchev–Trinajstić information content (AvgIpc) is 2.41. The molecule has 0 aliphatic heterocycles. The van der Waals surface area contributed by atoms with E-state index in [1.165, 1.54) is 36.8 Å². The number of carbonyl (C=O) groups is 2. The molecule has 0 fully saturated rings. The minimum absolute atomic E-state index is 0.181. The SMILES string of the molecule is O=C(O)c1cccnc1C(=O)Nc1cnccc1Cl. The number of carboxylic acid groups (broad SMARTS) is 1. The van der Waals surface area contributed by atoms with Crippen LogP contribution in [0.5, 0.6) is 0 Å². The van der Waals surface area contributed by atoms with Crippen LogP contribution in [0.4, 0.5) is 5.69 Å². The van der Waals surface area contributed by atoms with Gasteiger partial charge in [0.05, 0.1) is 22.5 Å². The topological polar surface area (TPSA) is 92.2 Å². The minimum atomic E-state index is -1.23. The Morgan fingerprint density at radius 2 is 2.05 bits per heavy atom. The van der Waals surface area contributed by atoms with Gasteiger partial charge in [-0.25, -0.2) is 4.79 Å². The van der Waals surface area contributed by atoms with E-state index < -0.39 is 11.9 Å². The molecule has 2 heterocycles. The first-order chi connectivity index (χ1) is 9.09. The number of hydrogen-bond acceptors (Lipinski definition) is 4. The van der Waals surface area contributed by atoms with Gasteiger partial charge in [0.1, 0.15) is 5.69 Å². The fourth-order valence-electron chi connectivity index (χ4n) is 1.41. The fraction of sp³-hybridized carbons (Fsp3) is 0. The Bertz CT molecular complexity index is 646. The normalized spacial score (nSPS) is 9.95. The van der Waals surface area contributed by atoms with Gasteiger partial charge in [-0.1, -0.05) is 11.6 Å². The highest BCUT2D eigenvalue weighted by Gasteiger charge is 2.18. The third-order valence-corrected chi connectivity index (χ3v) is 2.60. The molecule has 0 spiro atoms. The summed E-state index contributed by atoms with van der Waals surface area (Å²) in [5.41, 5.74) is -0.0777. The number of pyridine rings is 2. The smallest absolute Gasteiger partial charge is 0.338 e. The largest absolute Gasteiger partial charge is 0.478 e. The molecule has 19 heavy (non-hydrogen) atoms. The zero-order chi connectivity index (χ0) is 13.8. The number of aromatic carboxylic acids is 1. The lowest BCUT2D eigenvalue weighted by Gasteiger charge is -2.07. The van der Waals surface area contributed by atoms with Crippen LogP contribution in [0.3, 0.4) is 0 Å². The summed E-state index contributed by atoms with van der Waals surface area (Å²) in [5.74, 6) is -1.89. The van der Waals surface area contributed by atoms with Gasteiger partial charge in [0.15, 0.2) is 0 Å². The van der Waals surface area contributed by atoms with Crippen molar-refractivity contribution in [3.8, 4) is 0 Å². The molecule has 7 heteroatoms. The fourth-order valence-corrected chi connectivity index (χ4v) is 1.56. The lowest BCUT2D eigenvalue weighted by Crippen LogP contribution is -2.18. The molecule has 2 aromatic rings. The van der Waals surface area contributed by atoms with Crippen LogP contribution in [0, 0.1) is 0 Å². The van der Waals surface area contributed by atoms with Crippen molar-refractivity contribution in [1.82, 2.24) is 9.97 Å². The molecule has 0 radical (unpaired) electrons. The zero-order valence-corrected chi connectivity index (χ0v) is 10.3. The summed E-state index contributed by atoms with van der Waals surface area (Å²) in [6.07, 6.45) is 4.18. The molecule has 0 aliphatic rings. The Morgan fingerprint density at radius 1 is 1.26 bits per heavy atom. The third-order valence-electron chi connectivity index (χ3n) is 2.27. The first-order valence-corrected chi connectivity index (χ1v) is 5.56. The Morgan fingerprint density at radius 3 is 2.74 bits per heavy atom. The molecule has 2 aromatic heterocycles. The monoisotopic (exact) mass is 277 g/mol. The van der Waals surface area contributed by atoms with Crippen molar-refractivity contribution in [3.05, 3.63) is 53.1 Å². The number of nitrogens with one attached hydrogen (secondary N) is 1. The van der Waals surface area contributed by atoms with Crippen LogP contribution >= 0.6 is 11.6 Å². The van der Waals surface area contributed by atoms with Gasteiger partial charge in [0, 0.05) is 12.4 Å². The summed E-state index contributed by atoms with van der Waals surface area (Å²) in [4.78, 5) is 30.5. The van der Waals surface area contributed by atoms with Gasteiger partial charge in [-0.2, -0.15) is 0 Å². The molecule has 0 saturated carbocycles. The van der Waals surface area contributed by atoms with Gasteiger partial charge in [0.25, 0.3) is 5.91 Å². The van der Waals surface area contributed by atoms with Crippen LogP contribution in [-0.2, 0) is 0 Å². The Kier molecular flexibility index (Phi) is 3.72. The van der Waals surface area contributed by atoms with Gasteiger partial charge in [0.2, 0.25) is 0 Å². The molecule has 2 rings (SSSR count). The summed E-state index contributed by atoms with van der Waals surface area (Å²) in [6.45, 7) is 0. The van der Waals surface area contributed by atoms with Gasteiger partial charge < -0.3 is 10.4 Å². The van der Waals surface area contributed by atoms with Crippen molar-refractivity contribution < 1.29 is 14.7 Å². The molecule has 0 saturated heterocycles. The first-order valence-electron chi connectivity index (χ1n) is 5.19. The predicted octanol–water partition coefficient (Wildman–Crippen LogP) is 2.08. The van der Waals surface area contributed by atoms with E-state index in [9.17, 15) is 9.59 Å². The maximum atomic E-state index is 12.0. The Balaban J connectivity index is 2.31. The number of aromatic nitrogens is 2. The van der Waals surface area contributed by atoms with Gasteiger partial charge in [-0.05, 0) is 18.2 Å². The van der Waals surface area contributed by atoms with E-state index in [1.807, 2.05) is 0 Å².